The number of ether oxygens (including phenoxy) is 1. The Morgan fingerprint density at radius 2 is 2.32 bits per heavy atom. The maximum atomic E-state index is 12.3. The van der Waals surface area contributed by atoms with Crippen molar-refractivity contribution in [3.8, 4) is 0 Å². The molecule has 6 heteroatoms. The normalized spacial score (nSPS) is 21.7. The van der Waals surface area contributed by atoms with Gasteiger partial charge in [0.25, 0.3) is 0 Å². The number of hydrogen-bond donors (Lipinski definition) is 1. The van der Waals surface area contributed by atoms with E-state index in [9.17, 15) is 4.79 Å². The number of hydrogen-bond acceptors (Lipinski definition) is 4. The molecule has 0 unspecified atom stereocenters. The Bertz CT molecular complexity index is 686. The summed E-state index contributed by atoms with van der Waals surface area (Å²) >= 11 is 0. The Labute approximate surface area is 148 Å². The molecule has 2 aromatic rings. The quantitative estimate of drug-likeness (QED) is 0.871. The molecule has 1 saturated carbocycles. The first-order chi connectivity index (χ1) is 12.1. The van der Waals surface area contributed by atoms with Crippen LogP contribution in [0, 0.1) is 5.92 Å². The van der Waals surface area contributed by atoms with Crippen molar-refractivity contribution in [2.75, 3.05) is 5.32 Å². The van der Waals surface area contributed by atoms with Crippen LogP contribution in [0.15, 0.2) is 36.9 Å². The predicted molar refractivity (Wildman–Crippen MR) is 96.0 cm³/mol. The average molecular weight is 342 g/mol. The molecule has 3 atom stereocenters. The minimum absolute atomic E-state index is 0.121. The van der Waals surface area contributed by atoms with Crippen LogP contribution >= 0.6 is 0 Å². The lowest BCUT2D eigenvalue weighted by atomic mass is 9.89. The van der Waals surface area contributed by atoms with Gasteiger partial charge in [-0.3, -0.25) is 4.79 Å². The van der Waals surface area contributed by atoms with Crippen molar-refractivity contribution >= 4 is 11.6 Å². The maximum Gasteiger partial charge on any atom is 0.249 e. The smallest absolute Gasteiger partial charge is 0.249 e. The van der Waals surface area contributed by atoms with Crippen molar-refractivity contribution in [3.05, 3.63) is 42.5 Å². The molecule has 3 rings (SSSR count). The van der Waals surface area contributed by atoms with Crippen LogP contribution in [0.3, 0.4) is 0 Å². The number of amides is 1. The molecule has 1 aliphatic rings. The zero-order chi connectivity index (χ0) is 17.6. The Morgan fingerprint density at radius 3 is 3.08 bits per heavy atom. The summed E-state index contributed by atoms with van der Waals surface area (Å²) in [5, 5.41) is 6.94. The topological polar surface area (TPSA) is 69.0 Å². The first-order valence-electron chi connectivity index (χ1n) is 8.97. The second-order valence-corrected chi connectivity index (χ2v) is 6.95. The summed E-state index contributed by atoms with van der Waals surface area (Å²) in [6, 6.07) is 7.42. The third-order valence-corrected chi connectivity index (χ3v) is 4.78. The van der Waals surface area contributed by atoms with E-state index in [0.29, 0.717) is 12.7 Å². The lowest BCUT2D eigenvalue weighted by Crippen LogP contribution is -2.24. The van der Waals surface area contributed by atoms with E-state index in [4.69, 9.17) is 4.74 Å². The zero-order valence-corrected chi connectivity index (χ0v) is 14.9. The molecular weight excluding hydrogens is 316 g/mol. The second-order valence-electron chi connectivity index (χ2n) is 6.95. The first kappa shape index (κ1) is 17.6. The fraction of sp³-hybridized carbons (Fsp3) is 0.526. The second kappa shape index (κ2) is 8.25. The van der Waals surface area contributed by atoms with E-state index in [1.165, 1.54) is 23.9 Å². The van der Waals surface area contributed by atoms with Gasteiger partial charge in [0.1, 0.15) is 18.7 Å². The summed E-state index contributed by atoms with van der Waals surface area (Å²) in [6.07, 6.45) is 8.18. The van der Waals surface area contributed by atoms with Gasteiger partial charge in [-0.2, -0.15) is 5.10 Å². The first-order valence-corrected chi connectivity index (χ1v) is 8.97. The molecule has 0 radical (unpaired) electrons. The van der Waals surface area contributed by atoms with Crippen LogP contribution in [0.4, 0.5) is 5.69 Å². The molecule has 134 valence electrons. The number of rotatable bonds is 6. The molecule has 1 heterocycles. The number of anilines is 1. The van der Waals surface area contributed by atoms with Gasteiger partial charge in [0.05, 0.1) is 12.7 Å². The molecule has 0 saturated heterocycles. The minimum atomic E-state index is -0.411. The van der Waals surface area contributed by atoms with Gasteiger partial charge in [-0.15, -0.1) is 0 Å². The molecule has 1 N–H and O–H groups in total. The number of aromatic nitrogens is 3. The van der Waals surface area contributed by atoms with Crippen LogP contribution < -0.4 is 5.32 Å². The van der Waals surface area contributed by atoms with Gasteiger partial charge in [-0.05, 0) is 43.4 Å². The highest BCUT2D eigenvalue weighted by Gasteiger charge is 2.19. The highest BCUT2D eigenvalue weighted by Crippen LogP contribution is 2.26. The van der Waals surface area contributed by atoms with Crippen molar-refractivity contribution in [3.63, 3.8) is 0 Å². The van der Waals surface area contributed by atoms with E-state index in [0.717, 1.165) is 30.0 Å². The van der Waals surface area contributed by atoms with E-state index < -0.39 is 6.04 Å². The molecule has 0 aliphatic heterocycles. The summed E-state index contributed by atoms with van der Waals surface area (Å²) in [5.74, 6) is 0.632. The van der Waals surface area contributed by atoms with Gasteiger partial charge in [-0.1, -0.05) is 31.9 Å². The zero-order valence-electron chi connectivity index (χ0n) is 14.9. The van der Waals surface area contributed by atoms with Gasteiger partial charge < -0.3 is 10.1 Å². The largest absolute Gasteiger partial charge is 0.374 e. The van der Waals surface area contributed by atoms with Gasteiger partial charge in [0, 0.05) is 5.69 Å². The molecule has 0 bridgehead atoms. The van der Waals surface area contributed by atoms with E-state index >= 15 is 0 Å². The summed E-state index contributed by atoms with van der Waals surface area (Å²) < 4.78 is 7.60. The molecule has 1 amide bonds. The van der Waals surface area contributed by atoms with Gasteiger partial charge in [-0.25, -0.2) is 9.67 Å². The lowest BCUT2D eigenvalue weighted by Gasteiger charge is -2.26. The molecule has 25 heavy (non-hydrogen) atoms. The van der Waals surface area contributed by atoms with Gasteiger partial charge in [0.15, 0.2) is 0 Å². The van der Waals surface area contributed by atoms with Gasteiger partial charge in [0.2, 0.25) is 5.91 Å². The van der Waals surface area contributed by atoms with Crippen molar-refractivity contribution in [2.45, 2.75) is 58.3 Å². The third kappa shape index (κ3) is 4.89. The Morgan fingerprint density at radius 1 is 1.44 bits per heavy atom. The number of nitrogens with one attached hydrogen (secondary N) is 1. The lowest BCUT2D eigenvalue weighted by molar-refractivity contribution is -0.119. The number of benzene rings is 1. The van der Waals surface area contributed by atoms with E-state index in [-0.39, 0.29) is 5.91 Å². The fourth-order valence-corrected chi connectivity index (χ4v) is 3.27. The highest BCUT2D eigenvalue weighted by molar-refractivity contribution is 5.93. The average Bonchev–Trinajstić information content (AvgIpc) is 3.14. The molecule has 0 spiro atoms. The molecular formula is C19H26N4O2. The molecule has 1 fully saturated rings. The minimum Gasteiger partial charge on any atom is -0.374 e. The Kier molecular flexibility index (Phi) is 5.81. The monoisotopic (exact) mass is 342 g/mol. The van der Waals surface area contributed by atoms with Crippen LogP contribution in [0.25, 0.3) is 0 Å². The highest BCUT2D eigenvalue weighted by atomic mass is 16.5. The van der Waals surface area contributed by atoms with Crippen LogP contribution in [0.5, 0.6) is 0 Å². The van der Waals surface area contributed by atoms with E-state index in [2.05, 4.69) is 22.3 Å². The molecule has 6 nitrogen and oxygen atoms in total. The Balaban J connectivity index is 1.55. The van der Waals surface area contributed by atoms with Crippen LogP contribution in [0.2, 0.25) is 0 Å². The van der Waals surface area contributed by atoms with Crippen molar-refractivity contribution in [1.29, 1.82) is 0 Å². The Hall–Kier alpha value is -2.21. The summed E-state index contributed by atoms with van der Waals surface area (Å²) in [4.78, 5) is 16.2. The van der Waals surface area contributed by atoms with Crippen molar-refractivity contribution < 1.29 is 9.53 Å². The van der Waals surface area contributed by atoms with Crippen LogP contribution in [-0.2, 0) is 16.1 Å². The van der Waals surface area contributed by atoms with Crippen molar-refractivity contribution in [1.82, 2.24) is 14.8 Å². The molecule has 1 aliphatic carbocycles. The number of carbonyl (C=O) groups excluding carboxylic acids is 1. The molecule has 1 aromatic heterocycles. The third-order valence-electron chi connectivity index (χ3n) is 4.78. The van der Waals surface area contributed by atoms with Gasteiger partial charge >= 0.3 is 0 Å². The standard InChI is InChI=1S/C19H26N4O2/c1-14-5-3-8-18(9-14)25-11-16-6-4-7-17(10-16)22-19(24)15(2)23-13-20-12-21-23/h4,6-7,10,12-15,18H,3,5,8-9,11H2,1-2H3,(H,22,24)/t14-,15-,18-/m1/s1. The summed E-state index contributed by atoms with van der Waals surface area (Å²) in [7, 11) is 0. The number of nitrogens with zero attached hydrogens (tertiary/aromatic N) is 3. The van der Waals surface area contributed by atoms with E-state index in [1.54, 1.807) is 13.3 Å². The van der Waals surface area contributed by atoms with Crippen LogP contribution in [-0.4, -0.2) is 26.8 Å². The maximum absolute atomic E-state index is 12.3. The van der Waals surface area contributed by atoms with E-state index in [1.807, 2.05) is 24.3 Å². The molecule has 1 aromatic carbocycles. The van der Waals surface area contributed by atoms with Crippen molar-refractivity contribution in [2.24, 2.45) is 5.92 Å². The summed E-state index contributed by atoms with van der Waals surface area (Å²) in [5.41, 5.74) is 1.85. The fourth-order valence-electron chi connectivity index (χ4n) is 3.27. The number of carbonyl (C=O) groups is 1. The van der Waals surface area contributed by atoms with Crippen LogP contribution in [0.1, 0.15) is 51.1 Å². The SMILES string of the molecule is C[C@@H]1CCC[C@@H](OCc2cccc(NC(=O)[C@@H](C)n3cncn3)c2)C1. The summed E-state index contributed by atoms with van der Waals surface area (Å²) in [6.45, 7) is 4.67. The predicted octanol–water partition coefficient (Wildman–Crippen LogP) is 3.57.